The highest BCUT2D eigenvalue weighted by atomic mass is 16.8. The number of carbonyl (C=O) groups excluding carboxylic acids is 4. The average molecular weight is 1370 g/mol. The molecule has 33 nitrogen and oxygen atoms in total. The summed E-state index contributed by atoms with van der Waals surface area (Å²) in [7, 11) is 6.61. The number of hydrogen-bond acceptors (Lipinski definition) is 30. The molecule has 0 aromatic heterocycles. The third-order valence-corrected chi connectivity index (χ3v) is 17.3. The third-order valence-electron chi connectivity index (χ3n) is 17.3. The van der Waals surface area contributed by atoms with E-state index in [4.69, 9.17) is 70.3 Å². The summed E-state index contributed by atoms with van der Waals surface area (Å²) in [6, 6.07) is 2.04. The number of hydrogen-bond donors (Lipinski definition) is 13. The number of imide groups is 1. The number of likely N-dealkylation sites (N-methyl/N-ethyl adjacent to an activating group) is 4. The standard InChI is InChI=1S/C28H51N3O9.C21H41N5O7.C12H10N2O7.C2H6/c1-15-9-10-17(11-12-29)37-24(15)38-21-16(2)13-18(30-7)22(19(21)32)39-25-20(33)23(28(6,35)14-36-25)31(8)26(34)40-27(3,4)5;1-21(29)9-30-20(15(28)18(21)26-3)33-17-13(25-2)8-12(24)16(14(17)27)32-19-11(23)5-4-10(31-19)6-7-22;15-10-5-6-11(16)13(10)21-12(17)20-7-8-1-3-9(4-2-8)14(18)19;1-2/h10,15-16,18-25,30,32-33,35H,9,11-14,29H2,1-8H3;4,11-20,25-29H,5-9,22-24H2,1-3H3;1-4H,5-7H2;1-2H3/t15-,16+,18-,19+,20-,21?,22+,23-,24-,25-,28+;11-,12+,13-,14+,15-,16?,17+,18-,19-,20-,21+;;/m11../s1. The van der Waals surface area contributed by atoms with Gasteiger partial charge in [0.1, 0.15) is 66.1 Å². The van der Waals surface area contributed by atoms with Crippen molar-refractivity contribution in [2.75, 3.05) is 54.5 Å². The fourth-order valence-electron chi connectivity index (χ4n) is 12.2. The zero-order chi connectivity index (χ0) is 71.7. The largest absolute Gasteiger partial charge is 0.534 e. The van der Waals surface area contributed by atoms with Crippen LogP contribution in [0.4, 0.5) is 15.3 Å². The number of benzene rings is 1. The molecular weight excluding hydrogens is 1260 g/mol. The number of aliphatic hydroxyl groups is 6. The minimum absolute atomic E-state index is 0.00549. The first-order valence-corrected chi connectivity index (χ1v) is 32.8. The predicted molar refractivity (Wildman–Crippen MR) is 343 cm³/mol. The van der Waals surface area contributed by atoms with Crippen LogP contribution in [0.2, 0.25) is 0 Å². The Morgan fingerprint density at radius 2 is 1.21 bits per heavy atom. The smallest absolute Gasteiger partial charge is 0.469 e. The van der Waals surface area contributed by atoms with Gasteiger partial charge in [-0.3, -0.25) is 24.5 Å². The lowest BCUT2D eigenvalue weighted by atomic mass is 9.80. The molecule has 2 saturated carbocycles. The van der Waals surface area contributed by atoms with Crippen molar-refractivity contribution in [1.82, 2.24) is 25.9 Å². The first kappa shape index (κ1) is 81.3. The van der Waals surface area contributed by atoms with E-state index in [-0.39, 0.29) is 62.3 Å². The van der Waals surface area contributed by atoms with E-state index in [0.29, 0.717) is 61.6 Å². The Labute approximate surface area is 561 Å². The number of ether oxygens (including phenoxy) is 10. The van der Waals surface area contributed by atoms with E-state index in [2.05, 4.69) is 20.8 Å². The van der Waals surface area contributed by atoms with Crippen LogP contribution in [0.1, 0.15) is 119 Å². The summed E-state index contributed by atoms with van der Waals surface area (Å²) in [6.45, 7) is 16.7. The molecule has 2 aliphatic carbocycles. The number of nitro benzene ring substituents is 1. The monoisotopic (exact) mass is 1370 g/mol. The van der Waals surface area contributed by atoms with Gasteiger partial charge >= 0.3 is 12.2 Å². The number of rotatable bonds is 20. The van der Waals surface area contributed by atoms with Crippen LogP contribution in [-0.2, 0) is 68.4 Å². The molecule has 0 radical (unpaired) electrons. The highest BCUT2D eigenvalue weighted by Crippen LogP contribution is 2.38. The molecule has 1 aromatic carbocycles. The van der Waals surface area contributed by atoms with E-state index in [1.165, 1.54) is 43.1 Å². The van der Waals surface area contributed by atoms with Crippen LogP contribution in [-0.4, -0.2) is 251 Å². The molecule has 8 rings (SSSR count). The van der Waals surface area contributed by atoms with Crippen LogP contribution in [0.3, 0.4) is 0 Å². The van der Waals surface area contributed by atoms with Crippen molar-refractivity contribution in [2.45, 2.75) is 247 Å². The van der Waals surface area contributed by atoms with Gasteiger partial charge in [0.2, 0.25) is 12.6 Å². The number of nitro groups is 1. The van der Waals surface area contributed by atoms with Gasteiger partial charge < -0.3 is 122 Å². The van der Waals surface area contributed by atoms with Gasteiger partial charge in [-0.05, 0) is 130 Å². The number of hydroxylamine groups is 2. The minimum atomic E-state index is -1.58. The molecule has 22 atom stereocenters. The zero-order valence-electron chi connectivity index (χ0n) is 57.5. The minimum Gasteiger partial charge on any atom is -0.469 e. The maximum Gasteiger partial charge on any atom is 0.534 e. The summed E-state index contributed by atoms with van der Waals surface area (Å²) >= 11 is 0. The van der Waals surface area contributed by atoms with E-state index >= 15 is 0 Å². The van der Waals surface area contributed by atoms with Crippen molar-refractivity contribution in [3.8, 4) is 0 Å². The van der Waals surface area contributed by atoms with Crippen LogP contribution in [0.5, 0.6) is 0 Å². The first-order valence-electron chi connectivity index (χ1n) is 32.8. The van der Waals surface area contributed by atoms with E-state index in [0.717, 1.165) is 12.2 Å². The lowest BCUT2D eigenvalue weighted by molar-refractivity contribution is -0.384. The molecule has 548 valence electrons. The fraction of sp³-hybridized carbons (Fsp3) is 0.778. The number of carbonyl (C=O) groups is 4. The maximum atomic E-state index is 12.8. The molecule has 33 heteroatoms. The molecule has 5 aliphatic heterocycles. The molecule has 0 spiro atoms. The second-order valence-electron chi connectivity index (χ2n) is 26.3. The Kier molecular flexibility index (Phi) is 31.0. The number of nitrogens with two attached hydrogens (primary N) is 4. The van der Waals surface area contributed by atoms with E-state index < -0.39 is 144 Å². The topological polar surface area (TPSA) is 481 Å². The molecule has 2 unspecified atom stereocenters. The van der Waals surface area contributed by atoms with Crippen LogP contribution < -0.4 is 38.9 Å². The van der Waals surface area contributed by atoms with Crippen LogP contribution >= 0.6 is 0 Å². The lowest BCUT2D eigenvalue weighted by Crippen LogP contribution is -2.68. The van der Waals surface area contributed by atoms with Gasteiger partial charge in [-0.25, -0.2) is 9.59 Å². The lowest BCUT2D eigenvalue weighted by Gasteiger charge is -2.50. The number of allylic oxidation sites excluding steroid dienone is 1. The first-order chi connectivity index (χ1) is 45.2. The molecule has 5 fully saturated rings. The predicted octanol–water partition coefficient (Wildman–Crippen LogP) is 0.202. The van der Waals surface area contributed by atoms with Crippen molar-refractivity contribution in [1.29, 1.82) is 0 Å². The van der Waals surface area contributed by atoms with Crippen molar-refractivity contribution < 1.29 is 107 Å². The van der Waals surface area contributed by atoms with Gasteiger partial charge in [-0.15, -0.1) is 0 Å². The van der Waals surface area contributed by atoms with Gasteiger partial charge in [0.05, 0.1) is 53.9 Å². The molecule has 96 heavy (non-hydrogen) atoms. The SMILES string of the molecule is CC.CN[C@@H]1C[C@H](C)C(O[C@H]2OC(CCN)=CC[C@H]2C)[C@H](O)[C@H]1O[C@H]1OC[C@](C)(O)[C@H](N(C)C(=O)OC(C)(C)C)[C@H]1O.CN[C@@H]1[C@@H](O)[C@@H](O[C@H]2[C@H](NC)C[C@H](N)C(O[C@H]3OC(CCN)=CC[C@H]3N)[C@@H]2O)OC[C@]1(C)O.O=C(OCc1ccc([N+](=O)[O-])cc1)ON1C(=O)CCC1=O. The molecule has 3 saturated heterocycles. The Balaban J connectivity index is 0.000000268. The fourth-order valence-corrected chi connectivity index (χ4v) is 12.2. The van der Waals surface area contributed by atoms with Crippen molar-refractivity contribution >= 4 is 29.8 Å². The number of nitrogens with one attached hydrogen (secondary N) is 3. The average Bonchev–Trinajstić information content (AvgIpc) is 0.869. The maximum absolute atomic E-state index is 12.8. The van der Waals surface area contributed by atoms with Crippen LogP contribution in [0, 0.1) is 22.0 Å². The second kappa shape index (κ2) is 36.6. The van der Waals surface area contributed by atoms with Gasteiger partial charge in [0, 0.05) is 68.9 Å². The highest BCUT2D eigenvalue weighted by Gasteiger charge is 2.55. The van der Waals surface area contributed by atoms with Crippen molar-refractivity contribution in [3.63, 3.8) is 0 Å². The Hall–Kier alpha value is -5.38. The Morgan fingerprint density at radius 1 is 0.708 bits per heavy atom. The second-order valence-corrected chi connectivity index (χ2v) is 26.3. The highest BCUT2D eigenvalue weighted by molar-refractivity contribution is 6.01. The van der Waals surface area contributed by atoms with Gasteiger partial charge in [-0.1, -0.05) is 32.8 Å². The zero-order valence-corrected chi connectivity index (χ0v) is 57.5. The molecule has 7 aliphatic rings. The van der Waals surface area contributed by atoms with Crippen molar-refractivity contribution in [3.05, 3.63) is 63.6 Å². The van der Waals surface area contributed by atoms with Gasteiger partial charge in [-0.2, -0.15) is 0 Å². The molecular formula is C63H108N10O23. The number of non-ortho nitro benzene ring substituents is 1. The summed E-state index contributed by atoms with van der Waals surface area (Å²) in [5.74, 6) is 0.330. The molecule has 1 aromatic rings. The normalized spacial score (nSPS) is 36.1. The van der Waals surface area contributed by atoms with Crippen molar-refractivity contribution in [2.24, 2.45) is 34.8 Å². The summed E-state index contributed by atoms with van der Waals surface area (Å²) < 4.78 is 58.2. The number of amides is 3. The molecule has 5 heterocycles. The number of aliphatic hydroxyl groups excluding tert-OH is 4. The Morgan fingerprint density at radius 3 is 1.74 bits per heavy atom. The molecule has 0 bridgehead atoms. The summed E-state index contributed by atoms with van der Waals surface area (Å²) in [5, 5.41) is 86.4. The summed E-state index contributed by atoms with van der Waals surface area (Å²) in [4.78, 5) is 62.1. The van der Waals surface area contributed by atoms with E-state index in [1.54, 1.807) is 48.8 Å². The molecule has 17 N–H and O–H groups in total. The Bertz CT molecular complexity index is 2690. The van der Waals surface area contributed by atoms with Crippen LogP contribution in [0.25, 0.3) is 0 Å². The summed E-state index contributed by atoms with van der Waals surface area (Å²) in [6.07, 6.45) is -5.93. The van der Waals surface area contributed by atoms with E-state index in [1.807, 2.05) is 39.8 Å². The third kappa shape index (κ3) is 21.6. The van der Waals surface area contributed by atoms with Gasteiger partial charge in [0.25, 0.3) is 17.5 Å². The number of nitrogens with zero attached hydrogens (tertiary/aromatic N) is 3. The van der Waals surface area contributed by atoms with E-state index in [9.17, 15) is 59.9 Å². The van der Waals surface area contributed by atoms with Crippen LogP contribution in [0.15, 0.2) is 47.9 Å². The molecule has 3 amide bonds. The summed E-state index contributed by atoms with van der Waals surface area (Å²) in [5.41, 5.74) is 20.7. The van der Waals surface area contributed by atoms with Gasteiger partial charge in [0.15, 0.2) is 12.6 Å². The quantitative estimate of drug-likeness (QED) is 0.0359.